The highest BCUT2D eigenvalue weighted by atomic mass is 16.5. The number of anilines is 2. The number of unbranched alkanes of at least 4 members (excludes halogenated alkanes) is 1. The zero-order chi connectivity index (χ0) is 46.0. The summed E-state index contributed by atoms with van der Waals surface area (Å²) in [5.74, 6) is -2.54. The van der Waals surface area contributed by atoms with Crippen LogP contribution in [0.15, 0.2) is 79.1 Å². The zero-order valence-corrected chi connectivity index (χ0v) is 36.6. The molecule has 67 heavy (non-hydrogen) atoms. The fourth-order valence-corrected chi connectivity index (χ4v) is 9.28. The van der Waals surface area contributed by atoms with Crippen molar-refractivity contribution in [1.29, 1.82) is 0 Å². The Balaban J connectivity index is 0.654. The van der Waals surface area contributed by atoms with E-state index in [1.807, 2.05) is 59.4 Å². The Kier molecular flexibility index (Phi) is 12.1. The van der Waals surface area contributed by atoms with E-state index >= 15 is 0 Å². The number of fused-ring (bicyclic) bond motifs is 3. The van der Waals surface area contributed by atoms with Gasteiger partial charge in [-0.05, 0) is 56.4 Å². The predicted octanol–water partition coefficient (Wildman–Crippen LogP) is 3.33. The van der Waals surface area contributed by atoms with Gasteiger partial charge in [-0.25, -0.2) is 9.97 Å². The average molecular weight is 905 g/mol. The SMILES string of the molecule is O=C1CCC(N2C(=O)c3cccc(NCCCc4cn(CCCCOCCN5CCN(c6nc(C7=C(c8c[nH]c9ccccc89)C(=O)NC7=O)c7ccccc7n6)CC5)nn4)c3C2=O)C(=O)N1. The van der Waals surface area contributed by atoms with Crippen LogP contribution in [0.4, 0.5) is 11.6 Å². The van der Waals surface area contributed by atoms with Crippen LogP contribution in [0.1, 0.15) is 69.8 Å². The third kappa shape index (κ3) is 8.65. The molecule has 19 nitrogen and oxygen atoms in total. The molecule has 3 aromatic heterocycles. The molecule has 0 saturated carbocycles. The first-order valence-electron chi connectivity index (χ1n) is 22.7. The molecule has 4 aliphatic rings. The quantitative estimate of drug-likeness (QED) is 0.0761. The maximum atomic E-state index is 13.5. The second-order valence-corrected chi connectivity index (χ2v) is 17.0. The number of piperidine rings is 1. The number of imide groups is 3. The van der Waals surface area contributed by atoms with Gasteiger partial charge in [-0.15, -0.1) is 5.10 Å². The number of carbonyl (C=O) groups excluding carboxylic acids is 6. The Morgan fingerprint density at radius 2 is 1.55 bits per heavy atom. The first-order valence-corrected chi connectivity index (χ1v) is 22.7. The molecule has 2 fully saturated rings. The fourth-order valence-electron chi connectivity index (χ4n) is 9.28. The number of amides is 6. The van der Waals surface area contributed by atoms with Crippen molar-refractivity contribution in [3.8, 4) is 0 Å². The summed E-state index contributed by atoms with van der Waals surface area (Å²) in [5, 5.41) is 18.2. The number of nitrogens with zero attached hydrogens (tertiary/aromatic N) is 8. The van der Waals surface area contributed by atoms with E-state index in [9.17, 15) is 28.8 Å². The van der Waals surface area contributed by atoms with Crippen molar-refractivity contribution in [2.75, 3.05) is 62.7 Å². The Morgan fingerprint density at radius 1 is 0.746 bits per heavy atom. The molecule has 1 atom stereocenters. The first kappa shape index (κ1) is 43.3. The van der Waals surface area contributed by atoms with E-state index in [-0.39, 0.29) is 29.5 Å². The van der Waals surface area contributed by atoms with Crippen LogP contribution in [0.3, 0.4) is 0 Å². The van der Waals surface area contributed by atoms with E-state index in [1.54, 1.807) is 24.4 Å². The minimum Gasteiger partial charge on any atom is -0.384 e. The fraction of sp³-hybridized carbons (Fsp3) is 0.333. The highest BCUT2D eigenvalue weighted by molar-refractivity contribution is 6.50. The average Bonchev–Trinajstić information content (AvgIpc) is 4.11. The van der Waals surface area contributed by atoms with Crippen molar-refractivity contribution < 1.29 is 33.5 Å². The minimum absolute atomic E-state index is 0.0657. The van der Waals surface area contributed by atoms with Crippen molar-refractivity contribution in [2.45, 2.75) is 51.1 Å². The highest BCUT2D eigenvalue weighted by Gasteiger charge is 2.45. The number of H-pyrrole nitrogens is 1. The van der Waals surface area contributed by atoms with E-state index in [0.717, 1.165) is 54.0 Å². The number of rotatable bonds is 17. The van der Waals surface area contributed by atoms with Gasteiger partial charge < -0.3 is 19.9 Å². The first-order chi connectivity index (χ1) is 32.7. The molecule has 7 heterocycles. The summed E-state index contributed by atoms with van der Waals surface area (Å²) in [5.41, 5.74) is 5.04. The number of carbonyl (C=O) groups is 6. The van der Waals surface area contributed by atoms with E-state index < -0.39 is 41.5 Å². The summed E-state index contributed by atoms with van der Waals surface area (Å²) in [7, 11) is 0. The summed E-state index contributed by atoms with van der Waals surface area (Å²) in [6, 6.07) is 19.3. The number of hydrogen-bond donors (Lipinski definition) is 4. The minimum atomic E-state index is -1.01. The van der Waals surface area contributed by atoms with Crippen molar-refractivity contribution in [3.63, 3.8) is 0 Å². The molecule has 4 aliphatic heterocycles. The smallest absolute Gasteiger partial charge is 0.264 e. The van der Waals surface area contributed by atoms with Crippen LogP contribution in [0.25, 0.3) is 33.0 Å². The van der Waals surface area contributed by atoms with Gasteiger partial charge in [0.1, 0.15) is 6.04 Å². The predicted molar refractivity (Wildman–Crippen MR) is 246 cm³/mol. The standard InChI is InChI=1S/C48H48N12O7/c61-38-17-16-37(43(62)52-38)60-46(65)32-12-7-15-36(39(32)47(60)66)49-18-8-9-29-28-59(56-55-29)19-5-6-25-67-26-24-57-20-22-58(23-21-57)48-51-35-14-4-2-11-31(35)42(53-48)41-40(44(63)54-45(41)64)33-27-50-34-13-3-1-10-30(33)34/h1-4,7,10-15,27-28,37,49-50H,5-6,8-9,16-26H2,(H,52,61,62)(H,54,63,64). The summed E-state index contributed by atoms with van der Waals surface area (Å²) in [4.78, 5) is 96.0. The van der Waals surface area contributed by atoms with E-state index in [0.29, 0.717) is 91.6 Å². The molecule has 0 bridgehead atoms. The number of nitrogens with one attached hydrogen (secondary N) is 4. The topological polar surface area (TPSA) is 230 Å². The number of benzene rings is 3. The monoisotopic (exact) mass is 904 g/mol. The number of piperazine rings is 1. The van der Waals surface area contributed by atoms with Crippen molar-refractivity contribution in [3.05, 3.63) is 107 Å². The van der Waals surface area contributed by atoms with Crippen LogP contribution in [-0.2, 0) is 36.9 Å². The number of aromatic amines is 1. The van der Waals surface area contributed by atoms with Crippen molar-refractivity contribution >= 4 is 80.0 Å². The molecular formula is C48H48N12O7. The summed E-state index contributed by atoms with van der Waals surface area (Å²) >= 11 is 0. The molecule has 10 rings (SSSR count). The van der Waals surface area contributed by atoms with Crippen LogP contribution in [0.5, 0.6) is 0 Å². The maximum Gasteiger partial charge on any atom is 0.264 e. The Labute approximate surface area is 383 Å². The maximum absolute atomic E-state index is 13.5. The lowest BCUT2D eigenvalue weighted by Gasteiger charge is -2.34. The van der Waals surface area contributed by atoms with Gasteiger partial charge in [0.25, 0.3) is 23.6 Å². The lowest BCUT2D eigenvalue weighted by Crippen LogP contribution is -2.54. The molecule has 2 saturated heterocycles. The van der Waals surface area contributed by atoms with Gasteiger partial charge in [-0.3, -0.25) is 53.9 Å². The number of aromatic nitrogens is 6. The summed E-state index contributed by atoms with van der Waals surface area (Å²) in [6.07, 6.45) is 7.01. The Bertz CT molecular complexity index is 2990. The van der Waals surface area contributed by atoms with E-state index in [2.05, 4.69) is 41.0 Å². The lowest BCUT2D eigenvalue weighted by atomic mass is 9.97. The van der Waals surface area contributed by atoms with Gasteiger partial charge in [-0.1, -0.05) is 47.7 Å². The molecule has 6 aromatic rings. The lowest BCUT2D eigenvalue weighted by molar-refractivity contribution is -0.136. The highest BCUT2D eigenvalue weighted by Crippen LogP contribution is 2.37. The molecular weight excluding hydrogens is 857 g/mol. The largest absolute Gasteiger partial charge is 0.384 e. The van der Waals surface area contributed by atoms with Gasteiger partial charge in [0.2, 0.25) is 17.8 Å². The van der Waals surface area contributed by atoms with Crippen molar-refractivity contribution in [2.24, 2.45) is 0 Å². The zero-order valence-electron chi connectivity index (χ0n) is 36.6. The van der Waals surface area contributed by atoms with Crippen LogP contribution >= 0.6 is 0 Å². The molecule has 1 unspecified atom stereocenters. The normalized spacial score (nSPS) is 17.9. The Hall–Kier alpha value is -7.64. The molecule has 0 spiro atoms. The molecule has 6 amide bonds. The number of aryl methyl sites for hydroxylation is 2. The number of para-hydroxylation sites is 2. The van der Waals surface area contributed by atoms with Crippen molar-refractivity contribution in [1.82, 2.24) is 50.4 Å². The molecule has 3 aromatic carbocycles. The number of ether oxygens (including phenoxy) is 1. The van der Waals surface area contributed by atoms with E-state index in [1.165, 1.54) is 0 Å². The molecule has 0 radical (unpaired) electrons. The van der Waals surface area contributed by atoms with Crippen LogP contribution < -0.4 is 20.9 Å². The summed E-state index contributed by atoms with van der Waals surface area (Å²) in [6.45, 7) is 6.25. The number of hydrogen-bond acceptors (Lipinski definition) is 14. The van der Waals surface area contributed by atoms with Gasteiger partial charge in [0.05, 0.1) is 45.8 Å². The van der Waals surface area contributed by atoms with Gasteiger partial charge in [0.15, 0.2) is 0 Å². The summed E-state index contributed by atoms with van der Waals surface area (Å²) < 4.78 is 7.85. The van der Waals surface area contributed by atoms with E-state index in [4.69, 9.17) is 14.7 Å². The van der Waals surface area contributed by atoms with Crippen LogP contribution in [0, 0.1) is 0 Å². The molecule has 4 N–H and O–H groups in total. The van der Waals surface area contributed by atoms with Gasteiger partial charge >= 0.3 is 0 Å². The molecule has 19 heteroatoms. The molecule has 342 valence electrons. The second-order valence-electron chi connectivity index (χ2n) is 17.0. The Morgan fingerprint density at radius 3 is 2.40 bits per heavy atom. The molecule has 0 aliphatic carbocycles. The third-order valence-corrected chi connectivity index (χ3v) is 12.7. The van der Waals surface area contributed by atoms with Crippen LogP contribution in [0.2, 0.25) is 0 Å². The third-order valence-electron chi connectivity index (χ3n) is 12.7. The van der Waals surface area contributed by atoms with Gasteiger partial charge in [0, 0.05) is 98.8 Å². The van der Waals surface area contributed by atoms with Crippen LogP contribution in [-0.4, -0.2) is 134 Å². The van der Waals surface area contributed by atoms with Gasteiger partial charge in [-0.2, -0.15) is 0 Å². The second kappa shape index (κ2) is 18.7.